The van der Waals surface area contributed by atoms with Crippen LogP contribution in [0.25, 0.3) is 0 Å². The minimum Gasteiger partial charge on any atom is -0.270 e. The van der Waals surface area contributed by atoms with Crippen LogP contribution in [0.5, 0.6) is 0 Å². The van der Waals surface area contributed by atoms with E-state index in [0.29, 0.717) is 6.04 Å². The van der Waals surface area contributed by atoms with Gasteiger partial charge in [-0.3, -0.25) is 4.57 Å². The van der Waals surface area contributed by atoms with E-state index >= 15 is 0 Å². The van der Waals surface area contributed by atoms with Crippen molar-refractivity contribution in [3.05, 3.63) is 13.0 Å². The molecule has 19 heavy (non-hydrogen) atoms. The average molecular weight is 284 g/mol. The molecule has 7 heteroatoms. The third-order valence-corrected chi connectivity index (χ3v) is 5.59. The smallest absolute Gasteiger partial charge is 0.270 e. The predicted molar refractivity (Wildman–Crippen MR) is 79.8 cm³/mol. The van der Waals surface area contributed by atoms with E-state index < -0.39 is 7.59 Å². The van der Waals surface area contributed by atoms with Gasteiger partial charge in [0.2, 0.25) is 0 Å². The Bertz CT molecular complexity index is 247. The SMILES string of the molecule is CN(C)P(=O)(N(C)C)N(C)C.[CH2][C]([NH])C(C)(C)C.[Li+]. The second-order valence-electron chi connectivity index (χ2n) is 5.78. The molecular formula is C12H30LiN4OP+. The molecule has 0 amide bonds. The first-order valence-electron chi connectivity index (χ1n) is 5.82. The van der Waals surface area contributed by atoms with Crippen molar-refractivity contribution in [2.24, 2.45) is 5.41 Å². The summed E-state index contributed by atoms with van der Waals surface area (Å²) in [4.78, 5) is 0. The molecule has 0 fully saturated rings. The van der Waals surface area contributed by atoms with Gasteiger partial charge in [0.1, 0.15) is 0 Å². The summed E-state index contributed by atoms with van der Waals surface area (Å²) in [5, 5.41) is 0. The van der Waals surface area contributed by atoms with Crippen LogP contribution in [0.1, 0.15) is 20.8 Å². The van der Waals surface area contributed by atoms with Gasteiger partial charge in [0.15, 0.2) is 0 Å². The number of nitrogens with zero attached hydrogens (tertiary/aromatic N) is 3. The van der Waals surface area contributed by atoms with Gasteiger partial charge in [-0.2, -0.15) is 0 Å². The van der Waals surface area contributed by atoms with Gasteiger partial charge < -0.3 is 0 Å². The predicted octanol–water partition coefficient (Wildman–Crippen LogP) is -0.535. The van der Waals surface area contributed by atoms with Gasteiger partial charge in [-0.05, 0) is 54.6 Å². The average Bonchev–Trinajstić information content (AvgIpc) is 2.14. The summed E-state index contributed by atoms with van der Waals surface area (Å²) in [6.07, 6.45) is 0. The number of nitrogens with one attached hydrogen (secondary N) is 1. The van der Waals surface area contributed by atoms with Crippen molar-refractivity contribution in [3.8, 4) is 0 Å². The van der Waals surface area contributed by atoms with Crippen LogP contribution in [0.15, 0.2) is 0 Å². The molecule has 0 atom stereocenters. The normalized spacial score (nSPS) is 12.6. The Balaban J connectivity index is -0.000000280. The summed E-state index contributed by atoms with van der Waals surface area (Å²) < 4.78 is 17.3. The molecule has 1 N–H and O–H groups in total. The maximum atomic E-state index is 12.1. The molecular weight excluding hydrogens is 254 g/mol. The second-order valence-corrected chi connectivity index (χ2v) is 9.21. The van der Waals surface area contributed by atoms with E-state index in [1.807, 2.05) is 63.1 Å². The molecule has 0 spiro atoms. The molecule has 0 saturated carbocycles. The standard InChI is InChI=1S/C6H18N3OP.C6H12N.Li/c1-7(2)11(10,8(3)4)9(5)6;1-5(7)6(2,3)4;/h1-6H3;7H,1H2,2-4H3;/q;;+1. The summed E-state index contributed by atoms with van der Waals surface area (Å²) in [6, 6.07) is 0.493. The van der Waals surface area contributed by atoms with Crippen LogP contribution in [-0.4, -0.2) is 56.3 Å². The molecule has 0 bridgehead atoms. The third-order valence-electron chi connectivity index (χ3n) is 2.47. The minimum absolute atomic E-state index is 0. The van der Waals surface area contributed by atoms with Gasteiger partial charge in [-0.25, -0.2) is 19.7 Å². The maximum Gasteiger partial charge on any atom is 1.00 e. The Morgan fingerprint density at radius 2 is 1.11 bits per heavy atom. The van der Waals surface area contributed by atoms with E-state index in [2.05, 4.69) is 6.92 Å². The topological polar surface area (TPSA) is 50.6 Å². The molecule has 0 saturated heterocycles. The summed E-state index contributed by atoms with van der Waals surface area (Å²) in [7, 11) is 8.49. The van der Waals surface area contributed by atoms with Crippen molar-refractivity contribution < 1.29 is 23.4 Å². The molecule has 0 rings (SSSR count). The van der Waals surface area contributed by atoms with E-state index in [1.165, 1.54) is 0 Å². The Kier molecular flexibility index (Phi) is 12.4. The quantitative estimate of drug-likeness (QED) is 0.516. The van der Waals surface area contributed by atoms with Gasteiger partial charge in [-0.1, -0.05) is 20.8 Å². The fraction of sp³-hybridized carbons (Fsp3) is 0.833. The molecule has 0 aromatic carbocycles. The molecule has 0 aromatic heterocycles. The number of hydrogen-bond donors (Lipinski definition) is 0. The first-order chi connectivity index (χ1) is 7.77. The minimum atomic E-state index is -2.44. The summed E-state index contributed by atoms with van der Waals surface area (Å²) in [6.45, 7) is 9.42. The Morgan fingerprint density at radius 1 is 0.947 bits per heavy atom. The molecule has 5 nitrogen and oxygen atoms in total. The molecule has 0 unspecified atom stereocenters. The third kappa shape index (κ3) is 8.52. The van der Waals surface area contributed by atoms with E-state index in [9.17, 15) is 4.57 Å². The van der Waals surface area contributed by atoms with E-state index in [0.717, 1.165) is 0 Å². The molecule has 0 aliphatic carbocycles. The van der Waals surface area contributed by atoms with Gasteiger partial charge >= 0.3 is 18.9 Å². The van der Waals surface area contributed by atoms with Gasteiger partial charge in [-0.15, -0.1) is 0 Å². The van der Waals surface area contributed by atoms with Crippen molar-refractivity contribution >= 4 is 7.59 Å². The van der Waals surface area contributed by atoms with Crippen molar-refractivity contribution in [1.82, 2.24) is 19.7 Å². The molecule has 0 aromatic rings. The monoisotopic (exact) mass is 284 g/mol. The van der Waals surface area contributed by atoms with Crippen molar-refractivity contribution in [2.75, 3.05) is 42.3 Å². The molecule has 109 valence electrons. The first-order valence-corrected chi connectivity index (χ1v) is 7.38. The van der Waals surface area contributed by atoms with Crippen LogP contribution in [0.3, 0.4) is 0 Å². The van der Waals surface area contributed by atoms with Crippen molar-refractivity contribution in [1.29, 1.82) is 0 Å². The largest absolute Gasteiger partial charge is 1.00 e. The fourth-order valence-corrected chi connectivity index (χ4v) is 3.22. The van der Waals surface area contributed by atoms with Gasteiger partial charge in [0, 0.05) is 0 Å². The Hall–Kier alpha value is 0.667. The van der Waals surface area contributed by atoms with Crippen LogP contribution in [0.2, 0.25) is 0 Å². The summed E-state index contributed by atoms with van der Waals surface area (Å²) >= 11 is 0. The first kappa shape index (κ1) is 24.7. The maximum absolute atomic E-state index is 12.1. The van der Waals surface area contributed by atoms with Crippen LogP contribution in [-0.2, 0) is 4.57 Å². The number of rotatable bonds is 3. The molecule has 0 aliphatic rings. The fourth-order valence-electron chi connectivity index (χ4n) is 1.07. The van der Waals surface area contributed by atoms with E-state index in [4.69, 9.17) is 5.73 Å². The zero-order valence-electron chi connectivity index (χ0n) is 14.4. The zero-order valence-corrected chi connectivity index (χ0v) is 15.3. The van der Waals surface area contributed by atoms with Crippen LogP contribution in [0, 0.1) is 18.4 Å². The summed E-state index contributed by atoms with van der Waals surface area (Å²) in [5.41, 5.74) is 7.01. The van der Waals surface area contributed by atoms with Crippen LogP contribution < -0.4 is 24.6 Å². The Morgan fingerprint density at radius 3 is 1.11 bits per heavy atom. The van der Waals surface area contributed by atoms with Gasteiger partial charge in [0.05, 0.1) is 6.04 Å². The zero-order chi connectivity index (χ0) is 15.3. The molecule has 3 radical (unpaired) electrons. The van der Waals surface area contributed by atoms with E-state index in [1.54, 1.807) is 14.0 Å². The summed E-state index contributed by atoms with van der Waals surface area (Å²) in [5.74, 6) is 0. The van der Waals surface area contributed by atoms with Crippen molar-refractivity contribution in [3.63, 3.8) is 0 Å². The van der Waals surface area contributed by atoms with Gasteiger partial charge in [0.25, 0.3) is 7.59 Å². The van der Waals surface area contributed by atoms with Crippen LogP contribution >= 0.6 is 7.59 Å². The van der Waals surface area contributed by atoms with Crippen LogP contribution in [0.4, 0.5) is 0 Å². The Labute approximate surface area is 132 Å². The molecule has 0 heterocycles. The van der Waals surface area contributed by atoms with E-state index in [-0.39, 0.29) is 24.3 Å². The molecule has 0 aliphatic heterocycles. The second kappa shape index (κ2) is 9.58. The number of hydrogen-bond acceptors (Lipinski definition) is 1. The van der Waals surface area contributed by atoms with Crippen molar-refractivity contribution in [2.45, 2.75) is 20.8 Å².